The van der Waals surface area contributed by atoms with Gasteiger partial charge in [-0.3, -0.25) is 9.78 Å². The number of pyridine rings is 1. The van der Waals surface area contributed by atoms with Gasteiger partial charge in [-0.1, -0.05) is 25.5 Å². The Morgan fingerprint density at radius 2 is 2.17 bits per heavy atom. The van der Waals surface area contributed by atoms with Gasteiger partial charge in [-0.05, 0) is 37.6 Å². The summed E-state index contributed by atoms with van der Waals surface area (Å²) in [6.07, 6.45) is 4.95. The Labute approximate surface area is 142 Å². The lowest BCUT2D eigenvalue weighted by molar-refractivity contribution is 0.0469. The van der Waals surface area contributed by atoms with Crippen molar-refractivity contribution in [3.8, 4) is 5.75 Å². The van der Waals surface area contributed by atoms with Crippen LogP contribution in [0, 0.1) is 0 Å². The van der Waals surface area contributed by atoms with Crippen LogP contribution in [0.15, 0.2) is 48.8 Å². The van der Waals surface area contributed by atoms with Crippen molar-refractivity contribution in [3.63, 3.8) is 0 Å². The molecule has 1 amide bonds. The first-order valence-corrected chi connectivity index (χ1v) is 8.12. The molecular weight excluding hydrogens is 304 g/mol. The number of benzene rings is 1. The molecule has 24 heavy (non-hydrogen) atoms. The van der Waals surface area contributed by atoms with E-state index in [2.05, 4.69) is 10.3 Å². The molecule has 0 radical (unpaired) electrons. The van der Waals surface area contributed by atoms with Crippen molar-refractivity contribution in [1.29, 1.82) is 0 Å². The standard InChI is InChI=1S/C19H24N2O3/c1-3-9-19(2,23)14-21-18(22)16-7-4-8-17(11-16)24-13-15-6-5-10-20-12-15/h4-8,10-12,23H,3,9,13-14H2,1-2H3,(H,21,22). The highest BCUT2D eigenvalue weighted by molar-refractivity contribution is 5.94. The molecule has 5 heteroatoms. The number of rotatable bonds is 8. The molecule has 0 aliphatic rings. The average Bonchev–Trinajstić information content (AvgIpc) is 2.59. The summed E-state index contributed by atoms with van der Waals surface area (Å²) in [4.78, 5) is 16.3. The quantitative estimate of drug-likeness (QED) is 0.781. The highest BCUT2D eigenvalue weighted by atomic mass is 16.5. The number of carbonyl (C=O) groups is 1. The molecule has 0 spiro atoms. The number of aromatic nitrogens is 1. The zero-order valence-corrected chi connectivity index (χ0v) is 14.2. The monoisotopic (exact) mass is 328 g/mol. The molecule has 0 fully saturated rings. The van der Waals surface area contributed by atoms with E-state index in [0.29, 0.717) is 24.3 Å². The van der Waals surface area contributed by atoms with Crippen molar-refractivity contribution in [2.24, 2.45) is 0 Å². The Bertz CT molecular complexity index is 657. The molecule has 2 N–H and O–H groups in total. The number of amides is 1. The molecule has 1 heterocycles. The molecule has 0 bridgehead atoms. The Balaban J connectivity index is 1.93. The molecular formula is C19H24N2O3. The van der Waals surface area contributed by atoms with E-state index in [0.717, 1.165) is 12.0 Å². The molecule has 1 aromatic heterocycles. The van der Waals surface area contributed by atoms with Crippen LogP contribution in [-0.4, -0.2) is 28.1 Å². The molecule has 2 rings (SSSR count). The number of aliphatic hydroxyl groups is 1. The predicted molar refractivity (Wildman–Crippen MR) is 92.9 cm³/mol. The maximum absolute atomic E-state index is 12.2. The van der Waals surface area contributed by atoms with Gasteiger partial charge in [0, 0.05) is 30.1 Å². The molecule has 0 aliphatic carbocycles. The van der Waals surface area contributed by atoms with E-state index in [9.17, 15) is 9.90 Å². The maximum Gasteiger partial charge on any atom is 0.251 e. The van der Waals surface area contributed by atoms with Crippen molar-refractivity contribution in [1.82, 2.24) is 10.3 Å². The fourth-order valence-electron chi connectivity index (χ4n) is 2.38. The molecule has 1 unspecified atom stereocenters. The molecule has 0 saturated carbocycles. The second-order valence-corrected chi connectivity index (χ2v) is 6.11. The summed E-state index contributed by atoms with van der Waals surface area (Å²) in [5.41, 5.74) is 0.577. The molecule has 0 saturated heterocycles. The number of hydrogen-bond acceptors (Lipinski definition) is 4. The highest BCUT2D eigenvalue weighted by Gasteiger charge is 2.20. The Hall–Kier alpha value is -2.40. The van der Waals surface area contributed by atoms with E-state index < -0.39 is 5.60 Å². The van der Waals surface area contributed by atoms with Gasteiger partial charge in [-0.15, -0.1) is 0 Å². The SMILES string of the molecule is CCCC(C)(O)CNC(=O)c1cccc(OCc2cccnc2)c1. The lowest BCUT2D eigenvalue weighted by Gasteiger charge is -2.22. The Morgan fingerprint density at radius 3 is 2.88 bits per heavy atom. The number of ether oxygens (including phenoxy) is 1. The maximum atomic E-state index is 12.2. The topological polar surface area (TPSA) is 71.5 Å². The van der Waals surface area contributed by atoms with E-state index in [-0.39, 0.29) is 12.5 Å². The Kier molecular flexibility index (Phi) is 6.32. The van der Waals surface area contributed by atoms with Crippen LogP contribution in [0.1, 0.15) is 42.6 Å². The van der Waals surface area contributed by atoms with Gasteiger partial charge in [0.15, 0.2) is 0 Å². The average molecular weight is 328 g/mol. The fraction of sp³-hybridized carbons (Fsp3) is 0.368. The zero-order chi connectivity index (χ0) is 17.4. The first-order valence-electron chi connectivity index (χ1n) is 8.12. The summed E-state index contributed by atoms with van der Waals surface area (Å²) in [6.45, 7) is 4.34. The number of nitrogens with zero attached hydrogens (tertiary/aromatic N) is 1. The second-order valence-electron chi connectivity index (χ2n) is 6.11. The van der Waals surface area contributed by atoms with Gasteiger partial charge in [0.05, 0.1) is 5.60 Å². The van der Waals surface area contributed by atoms with Crippen LogP contribution in [0.3, 0.4) is 0 Å². The predicted octanol–water partition coefficient (Wildman–Crippen LogP) is 2.94. The minimum absolute atomic E-state index is 0.223. The van der Waals surface area contributed by atoms with Crippen molar-refractivity contribution in [2.45, 2.75) is 38.9 Å². The first-order chi connectivity index (χ1) is 11.5. The van der Waals surface area contributed by atoms with Crippen LogP contribution in [0.2, 0.25) is 0 Å². The van der Waals surface area contributed by atoms with Gasteiger partial charge in [-0.2, -0.15) is 0 Å². The molecule has 1 aromatic carbocycles. The number of carbonyl (C=O) groups excluding carboxylic acids is 1. The van der Waals surface area contributed by atoms with E-state index in [4.69, 9.17) is 4.74 Å². The lowest BCUT2D eigenvalue weighted by atomic mass is 10.0. The van der Waals surface area contributed by atoms with Crippen molar-refractivity contribution >= 4 is 5.91 Å². The molecule has 5 nitrogen and oxygen atoms in total. The largest absolute Gasteiger partial charge is 0.489 e. The third-order valence-corrected chi connectivity index (χ3v) is 3.64. The Morgan fingerprint density at radius 1 is 1.33 bits per heavy atom. The number of hydrogen-bond donors (Lipinski definition) is 2. The summed E-state index contributed by atoms with van der Waals surface area (Å²) in [6, 6.07) is 10.8. The van der Waals surface area contributed by atoms with Gasteiger partial charge in [-0.25, -0.2) is 0 Å². The van der Waals surface area contributed by atoms with Gasteiger partial charge < -0.3 is 15.2 Å². The van der Waals surface area contributed by atoms with Crippen LogP contribution in [0.25, 0.3) is 0 Å². The summed E-state index contributed by atoms with van der Waals surface area (Å²) in [5, 5.41) is 12.9. The van der Waals surface area contributed by atoms with E-state index >= 15 is 0 Å². The molecule has 2 aromatic rings. The molecule has 0 aliphatic heterocycles. The van der Waals surface area contributed by atoms with E-state index in [1.165, 1.54) is 0 Å². The molecule has 1 atom stereocenters. The minimum Gasteiger partial charge on any atom is -0.489 e. The van der Waals surface area contributed by atoms with E-state index in [1.807, 2.05) is 19.1 Å². The minimum atomic E-state index is -0.890. The summed E-state index contributed by atoms with van der Waals surface area (Å²) in [5.74, 6) is 0.394. The summed E-state index contributed by atoms with van der Waals surface area (Å²) >= 11 is 0. The second kappa shape index (κ2) is 8.45. The first kappa shape index (κ1) is 17.9. The normalized spacial score (nSPS) is 13.1. The smallest absolute Gasteiger partial charge is 0.251 e. The summed E-state index contributed by atoms with van der Waals surface area (Å²) in [7, 11) is 0. The van der Waals surface area contributed by atoms with Crippen LogP contribution in [0.4, 0.5) is 0 Å². The van der Waals surface area contributed by atoms with Crippen LogP contribution < -0.4 is 10.1 Å². The van der Waals surface area contributed by atoms with Crippen LogP contribution in [-0.2, 0) is 6.61 Å². The third kappa shape index (κ3) is 5.66. The third-order valence-electron chi connectivity index (χ3n) is 3.64. The lowest BCUT2D eigenvalue weighted by Crippen LogP contribution is -2.40. The van der Waals surface area contributed by atoms with Crippen molar-refractivity contribution < 1.29 is 14.6 Å². The van der Waals surface area contributed by atoms with E-state index in [1.54, 1.807) is 43.6 Å². The molecule has 128 valence electrons. The highest BCUT2D eigenvalue weighted by Crippen LogP contribution is 2.16. The number of nitrogens with one attached hydrogen (secondary N) is 1. The van der Waals surface area contributed by atoms with Crippen LogP contribution in [0.5, 0.6) is 5.75 Å². The zero-order valence-electron chi connectivity index (χ0n) is 14.2. The summed E-state index contributed by atoms with van der Waals surface area (Å²) < 4.78 is 5.70. The van der Waals surface area contributed by atoms with Gasteiger partial charge in [0.25, 0.3) is 5.91 Å². The van der Waals surface area contributed by atoms with Gasteiger partial charge in [0.2, 0.25) is 0 Å². The fourth-order valence-corrected chi connectivity index (χ4v) is 2.38. The van der Waals surface area contributed by atoms with Crippen molar-refractivity contribution in [2.75, 3.05) is 6.54 Å². The van der Waals surface area contributed by atoms with Gasteiger partial charge >= 0.3 is 0 Å². The van der Waals surface area contributed by atoms with Gasteiger partial charge in [0.1, 0.15) is 12.4 Å². The van der Waals surface area contributed by atoms with Crippen molar-refractivity contribution in [3.05, 3.63) is 59.9 Å². The van der Waals surface area contributed by atoms with Crippen LogP contribution >= 0.6 is 0 Å².